The average Bonchev–Trinajstić information content (AvgIpc) is 2.96. The molecule has 0 bridgehead atoms. The molecule has 4 aromatic rings. The number of benzene rings is 1. The fourth-order valence-electron chi connectivity index (χ4n) is 4.48. The number of nitrogens with zero attached hydrogens (tertiary/aromatic N) is 4. The van der Waals surface area contributed by atoms with Gasteiger partial charge in [-0.3, -0.25) is 24.6 Å². The molecule has 39 heavy (non-hydrogen) atoms. The van der Waals surface area contributed by atoms with Gasteiger partial charge in [0.15, 0.2) is 5.78 Å². The second kappa shape index (κ2) is 12.8. The molecule has 0 unspecified atom stereocenters. The number of pyridine rings is 3. The Hall–Kier alpha value is -3.92. The van der Waals surface area contributed by atoms with E-state index < -0.39 is 0 Å². The largest absolute Gasteiger partial charge is 0.493 e. The summed E-state index contributed by atoms with van der Waals surface area (Å²) in [6, 6.07) is 12.7. The Bertz CT molecular complexity index is 1420. The van der Waals surface area contributed by atoms with Crippen molar-refractivity contribution in [2.45, 2.75) is 26.4 Å². The van der Waals surface area contributed by atoms with Crippen molar-refractivity contribution in [3.8, 4) is 17.2 Å². The van der Waals surface area contributed by atoms with Gasteiger partial charge in [0.1, 0.15) is 22.9 Å². The molecule has 1 saturated heterocycles. The van der Waals surface area contributed by atoms with Crippen LogP contribution in [0.4, 0.5) is 0 Å². The zero-order chi connectivity index (χ0) is 27.0. The number of fused-ring (bicyclic) bond motifs is 1. The monoisotopic (exact) mass is 528 g/mol. The first kappa shape index (κ1) is 26.7. The minimum atomic E-state index is -0.164. The zero-order valence-electron chi connectivity index (χ0n) is 22.0. The number of aryl methyl sites for hydroxylation is 1. The lowest BCUT2D eigenvalue weighted by Crippen LogP contribution is -2.37. The van der Waals surface area contributed by atoms with Gasteiger partial charge in [0.05, 0.1) is 44.6 Å². The summed E-state index contributed by atoms with van der Waals surface area (Å²) in [5, 5.41) is 10.8. The van der Waals surface area contributed by atoms with E-state index in [1.54, 1.807) is 42.9 Å². The number of ether oxygens (including phenoxy) is 3. The van der Waals surface area contributed by atoms with E-state index in [0.717, 1.165) is 50.2 Å². The Balaban J connectivity index is 1.24. The standard InChI is InChI=1S/C30H32N4O5/c1-21-5-7-32-27(15-21)28(36)17-23-3-4-24(19-33-23)39-29-6-8-31-26-18-30(22(20-35)16-25(26)29)38-12-2-9-34-10-13-37-14-11-34/h3-8,15-16,18-19,35H,2,9-14,17,20H2,1H3. The van der Waals surface area contributed by atoms with E-state index in [-0.39, 0.29) is 18.8 Å². The molecular formula is C30H32N4O5. The molecule has 4 heterocycles. The van der Waals surface area contributed by atoms with Gasteiger partial charge in [-0.2, -0.15) is 0 Å². The normalized spacial score (nSPS) is 13.9. The highest BCUT2D eigenvalue weighted by Crippen LogP contribution is 2.33. The van der Waals surface area contributed by atoms with Gasteiger partial charge in [-0.15, -0.1) is 0 Å². The molecule has 0 atom stereocenters. The van der Waals surface area contributed by atoms with Crippen LogP contribution < -0.4 is 9.47 Å². The SMILES string of the molecule is Cc1ccnc(C(=O)Cc2ccc(Oc3ccnc4cc(OCCCN5CCOCC5)c(CO)cc34)cn2)c1. The third-order valence-electron chi connectivity index (χ3n) is 6.60. The minimum absolute atomic E-state index is 0.0874. The molecular weight excluding hydrogens is 496 g/mol. The van der Waals surface area contributed by atoms with Gasteiger partial charge in [0, 0.05) is 54.7 Å². The maximum Gasteiger partial charge on any atom is 0.187 e. The summed E-state index contributed by atoms with van der Waals surface area (Å²) in [5.41, 5.74) is 3.42. The van der Waals surface area contributed by atoms with Crippen LogP contribution in [0, 0.1) is 6.92 Å². The number of carbonyl (C=O) groups is 1. The highest BCUT2D eigenvalue weighted by molar-refractivity contribution is 5.95. The molecule has 0 saturated carbocycles. The lowest BCUT2D eigenvalue weighted by atomic mass is 10.1. The quantitative estimate of drug-likeness (QED) is 0.227. The Kier molecular flexibility index (Phi) is 8.72. The van der Waals surface area contributed by atoms with Gasteiger partial charge in [0.2, 0.25) is 0 Å². The second-order valence-corrected chi connectivity index (χ2v) is 9.51. The number of hydrogen-bond acceptors (Lipinski definition) is 9. The average molecular weight is 529 g/mol. The molecule has 1 N–H and O–H groups in total. The van der Waals surface area contributed by atoms with Gasteiger partial charge in [-0.05, 0) is 55.3 Å². The van der Waals surface area contributed by atoms with Crippen molar-refractivity contribution >= 4 is 16.7 Å². The molecule has 1 aliphatic heterocycles. The van der Waals surface area contributed by atoms with E-state index in [4.69, 9.17) is 14.2 Å². The number of carbonyl (C=O) groups excluding carboxylic acids is 1. The van der Waals surface area contributed by atoms with Crippen molar-refractivity contribution in [2.75, 3.05) is 39.5 Å². The molecule has 1 fully saturated rings. The minimum Gasteiger partial charge on any atom is -0.493 e. The zero-order valence-corrected chi connectivity index (χ0v) is 22.0. The lowest BCUT2D eigenvalue weighted by Gasteiger charge is -2.26. The van der Waals surface area contributed by atoms with Crippen LogP contribution in [0.1, 0.15) is 33.7 Å². The summed E-state index contributed by atoms with van der Waals surface area (Å²) in [5.74, 6) is 1.65. The van der Waals surface area contributed by atoms with Gasteiger partial charge in [0.25, 0.3) is 0 Å². The third-order valence-corrected chi connectivity index (χ3v) is 6.60. The van der Waals surface area contributed by atoms with E-state index in [2.05, 4.69) is 19.9 Å². The maximum absolute atomic E-state index is 12.6. The van der Waals surface area contributed by atoms with Crippen LogP contribution in [0.2, 0.25) is 0 Å². The number of hydrogen-bond donors (Lipinski definition) is 1. The number of morpholine rings is 1. The molecule has 202 valence electrons. The number of aliphatic hydroxyl groups excluding tert-OH is 1. The van der Waals surface area contributed by atoms with Crippen LogP contribution >= 0.6 is 0 Å². The maximum atomic E-state index is 12.6. The third kappa shape index (κ3) is 6.94. The van der Waals surface area contributed by atoms with Gasteiger partial charge >= 0.3 is 0 Å². The molecule has 1 aromatic carbocycles. The first-order chi connectivity index (χ1) is 19.1. The summed E-state index contributed by atoms with van der Waals surface area (Å²) in [6.45, 7) is 6.72. The fourth-order valence-corrected chi connectivity index (χ4v) is 4.48. The van der Waals surface area contributed by atoms with E-state index in [1.165, 1.54) is 0 Å². The van der Waals surface area contributed by atoms with Gasteiger partial charge < -0.3 is 19.3 Å². The van der Waals surface area contributed by atoms with Crippen molar-refractivity contribution < 1.29 is 24.1 Å². The van der Waals surface area contributed by atoms with Crippen LogP contribution in [0.5, 0.6) is 17.2 Å². The van der Waals surface area contributed by atoms with Crippen LogP contribution in [-0.4, -0.2) is 70.2 Å². The Labute approximate surface area is 227 Å². The molecule has 3 aromatic heterocycles. The van der Waals surface area contributed by atoms with Gasteiger partial charge in [-0.1, -0.05) is 0 Å². The number of aromatic nitrogens is 3. The Morgan fingerprint density at radius 3 is 2.64 bits per heavy atom. The number of ketones is 1. The van der Waals surface area contributed by atoms with Crippen LogP contribution in [0.15, 0.2) is 61.1 Å². The van der Waals surface area contributed by atoms with Crippen molar-refractivity contribution in [1.29, 1.82) is 0 Å². The summed E-state index contributed by atoms with van der Waals surface area (Å²) in [4.78, 5) is 28.0. The van der Waals surface area contributed by atoms with E-state index in [0.29, 0.717) is 46.3 Å². The molecule has 0 aliphatic carbocycles. The Morgan fingerprint density at radius 1 is 1.03 bits per heavy atom. The van der Waals surface area contributed by atoms with E-state index in [1.807, 2.05) is 25.1 Å². The first-order valence-electron chi connectivity index (χ1n) is 13.1. The molecule has 0 amide bonds. The second-order valence-electron chi connectivity index (χ2n) is 9.51. The van der Waals surface area contributed by atoms with Crippen LogP contribution in [0.25, 0.3) is 10.9 Å². The van der Waals surface area contributed by atoms with Crippen LogP contribution in [-0.2, 0) is 17.8 Å². The number of aliphatic hydroxyl groups is 1. The highest BCUT2D eigenvalue weighted by atomic mass is 16.5. The fraction of sp³-hybridized carbons (Fsp3) is 0.333. The van der Waals surface area contributed by atoms with Crippen molar-refractivity contribution in [2.24, 2.45) is 0 Å². The summed E-state index contributed by atoms with van der Waals surface area (Å²) < 4.78 is 17.5. The van der Waals surface area contributed by atoms with E-state index >= 15 is 0 Å². The predicted octanol–water partition coefficient (Wildman–Crippen LogP) is 4.14. The molecule has 0 spiro atoms. The topological polar surface area (TPSA) is 107 Å². The van der Waals surface area contributed by atoms with E-state index in [9.17, 15) is 9.90 Å². The lowest BCUT2D eigenvalue weighted by molar-refractivity contribution is 0.0357. The predicted molar refractivity (Wildman–Crippen MR) is 146 cm³/mol. The summed E-state index contributed by atoms with van der Waals surface area (Å²) in [7, 11) is 0. The van der Waals surface area contributed by atoms with Gasteiger partial charge in [-0.25, -0.2) is 0 Å². The van der Waals surface area contributed by atoms with Crippen molar-refractivity contribution in [1.82, 2.24) is 19.9 Å². The molecule has 9 heteroatoms. The molecule has 5 rings (SSSR count). The van der Waals surface area contributed by atoms with Crippen molar-refractivity contribution in [3.63, 3.8) is 0 Å². The first-order valence-corrected chi connectivity index (χ1v) is 13.1. The van der Waals surface area contributed by atoms with Crippen molar-refractivity contribution in [3.05, 3.63) is 83.6 Å². The molecule has 9 nitrogen and oxygen atoms in total. The Morgan fingerprint density at radius 2 is 1.87 bits per heavy atom. The summed E-state index contributed by atoms with van der Waals surface area (Å²) in [6.07, 6.45) is 5.95. The van der Waals surface area contributed by atoms with Crippen LogP contribution in [0.3, 0.4) is 0 Å². The number of Topliss-reactive ketones (excluding diaryl/α,β-unsaturated/α-hetero) is 1. The molecule has 0 radical (unpaired) electrons. The molecule has 1 aliphatic rings. The highest BCUT2D eigenvalue weighted by Gasteiger charge is 2.14. The number of rotatable bonds is 11. The summed E-state index contributed by atoms with van der Waals surface area (Å²) >= 11 is 0. The smallest absolute Gasteiger partial charge is 0.187 e.